The molecule has 1 aliphatic rings. The van der Waals surface area contributed by atoms with E-state index in [0.29, 0.717) is 0 Å². The van der Waals surface area contributed by atoms with Gasteiger partial charge in [0.1, 0.15) is 0 Å². The zero-order valence-corrected chi connectivity index (χ0v) is 11.1. The Morgan fingerprint density at radius 3 is 3.00 bits per heavy atom. The van der Waals surface area contributed by atoms with Crippen molar-refractivity contribution in [3.8, 4) is 0 Å². The van der Waals surface area contributed by atoms with Crippen molar-refractivity contribution in [3.63, 3.8) is 0 Å². The van der Waals surface area contributed by atoms with Crippen molar-refractivity contribution >= 4 is 0 Å². The Hall–Kier alpha value is -0.970. The molecule has 0 aromatic carbocycles. The number of rotatable bonds is 5. The van der Waals surface area contributed by atoms with Crippen molar-refractivity contribution in [2.24, 2.45) is 5.73 Å². The van der Waals surface area contributed by atoms with Gasteiger partial charge in [0.05, 0.1) is 12.7 Å². The fourth-order valence-electron chi connectivity index (χ4n) is 2.43. The predicted octanol–water partition coefficient (Wildman–Crippen LogP) is 1.06. The molecule has 18 heavy (non-hydrogen) atoms. The van der Waals surface area contributed by atoms with E-state index in [2.05, 4.69) is 16.8 Å². The minimum Gasteiger partial charge on any atom is -0.374 e. The molecule has 0 radical (unpaired) electrons. The van der Waals surface area contributed by atoms with Crippen LogP contribution in [-0.4, -0.2) is 48.3 Å². The van der Waals surface area contributed by atoms with E-state index in [9.17, 15) is 0 Å². The number of ether oxygens (including phenoxy) is 1. The molecule has 1 aliphatic heterocycles. The molecule has 4 heteroatoms. The van der Waals surface area contributed by atoms with Crippen molar-refractivity contribution in [1.29, 1.82) is 0 Å². The normalized spacial score (nSPS) is 22.9. The summed E-state index contributed by atoms with van der Waals surface area (Å²) in [5.74, 6) is 0. The maximum Gasteiger partial charge on any atom is 0.0856 e. The third-order valence-corrected chi connectivity index (χ3v) is 3.42. The second-order valence-electron chi connectivity index (χ2n) is 4.93. The summed E-state index contributed by atoms with van der Waals surface area (Å²) in [5.41, 5.74) is 7.50. The quantitative estimate of drug-likeness (QED) is 0.848. The van der Waals surface area contributed by atoms with Crippen molar-refractivity contribution < 1.29 is 4.74 Å². The summed E-state index contributed by atoms with van der Waals surface area (Å²) >= 11 is 0. The molecule has 1 aromatic heterocycles. The lowest BCUT2D eigenvalue weighted by Crippen LogP contribution is -2.51. The fraction of sp³-hybridized carbons (Fsp3) is 0.643. The van der Waals surface area contributed by atoms with E-state index in [1.54, 1.807) is 0 Å². The van der Waals surface area contributed by atoms with Crippen molar-refractivity contribution in [2.45, 2.75) is 31.9 Å². The molecule has 0 amide bonds. The van der Waals surface area contributed by atoms with Gasteiger partial charge in [-0.1, -0.05) is 6.92 Å². The van der Waals surface area contributed by atoms with E-state index in [1.807, 2.05) is 24.5 Å². The summed E-state index contributed by atoms with van der Waals surface area (Å²) < 4.78 is 5.81. The monoisotopic (exact) mass is 249 g/mol. The molecule has 0 saturated carbocycles. The maximum absolute atomic E-state index is 6.27. The lowest BCUT2D eigenvalue weighted by Gasteiger charge is -2.35. The highest BCUT2D eigenvalue weighted by atomic mass is 16.5. The van der Waals surface area contributed by atoms with Gasteiger partial charge in [0.25, 0.3) is 0 Å². The van der Waals surface area contributed by atoms with E-state index < -0.39 is 0 Å². The van der Waals surface area contributed by atoms with Gasteiger partial charge in [-0.3, -0.25) is 9.88 Å². The van der Waals surface area contributed by atoms with Crippen LogP contribution in [0.4, 0.5) is 0 Å². The third kappa shape index (κ3) is 3.77. The van der Waals surface area contributed by atoms with Gasteiger partial charge in [-0.25, -0.2) is 0 Å². The molecule has 2 rings (SSSR count). The summed E-state index contributed by atoms with van der Waals surface area (Å²) in [6.07, 6.45) is 5.82. The highest BCUT2D eigenvalue weighted by Crippen LogP contribution is 2.12. The van der Waals surface area contributed by atoms with E-state index in [-0.39, 0.29) is 12.1 Å². The number of hydrogen-bond donors (Lipinski definition) is 1. The molecule has 1 fully saturated rings. The molecule has 2 unspecified atom stereocenters. The van der Waals surface area contributed by atoms with Gasteiger partial charge in [0.15, 0.2) is 0 Å². The largest absolute Gasteiger partial charge is 0.374 e. The van der Waals surface area contributed by atoms with Gasteiger partial charge in [0, 0.05) is 31.5 Å². The maximum atomic E-state index is 6.27. The number of pyridine rings is 1. The molecule has 1 aromatic rings. The fourth-order valence-corrected chi connectivity index (χ4v) is 2.43. The van der Waals surface area contributed by atoms with Crippen LogP contribution in [0.2, 0.25) is 0 Å². The Morgan fingerprint density at radius 1 is 1.50 bits per heavy atom. The zero-order valence-electron chi connectivity index (χ0n) is 11.1. The van der Waals surface area contributed by atoms with E-state index in [4.69, 9.17) is 10.5 Å². The van der Waals surface area contributed by atoms with Crippen LogP contribution in [0.1, 0.15) is 18.9 Å². The highest BCUT2D eigenvalue weighted by Gasteiger charge is 2.25. The first-order chi connectivity index (χ1) is 8.79. The van der Waals surface area contributed by atoms with Crippen LogP contribution in [-0.2, 0) is 11.2 Å². The lowest BCUT2D eigenvalue weighted by molar-refractivity contribution is -0.0400. The van der Waals surface area contributed by atoms with Gasteiger partial charge >= 0.3 is 0 Å². The van der Waals surface area contributed by atoms with Gasteiger partial charge in [0.2, 0.25) is 0 Å². The molecular formula is C14H23N3O. The molecule has 0 spiro atoms. The average Bonchev–Trinajstić information content (AvgIpc) is 2.40. The van der Waals surface area contributed by atoms with Crippen LogP contribution in [0.3, 0.4) is 0 Å². The van der Waals surface area contributed by atoms with Crippen molar-refractivity contribution in [1.82, 2.24) is 9.88 Å². The molecular weight excluding hydrogens is 226 g/mol. The van der Waals surface area contributed by atoms with E-state index >= 15 is 0 Å². The minimum absolute atomic E-state index is 0.0621. The number of nitrogens with zero attached hydrogens (tertiary/aromatic N) is 2. The van der Waals surface area contributed by atoms with Crippen LogP contribution >= 0.6 is 0 Å². The van der Waals surface area contributed by atoms with Crippen LogP contribution in [0.5, 0.6) is 0 Å². The number of nitrogens with two attached hydrogens (primary N) is 1. The number of aromatic nitrogens is 1. The molecule has 2 heterocycles. The standard InChI is InChI=1S/C14H23N3O/c1-2-7-17-8-9-18-14(11-17)13(15)10-12-3-5-16-6-4-12/h3-6,13-14H,2,7-11,15H2,1H3. The van der Waals surface area contributed by atoms with Gasteiger partial charge < -0.3 is 10.5 Å². The molecule has 0 aliphatic carbocycles. The first-order valence-corrected chi connectivity index (χ1v) is 6.78. The molecule has 2 N–H and O–H groups in total. The second-order valence-corrected chi connectivity index (χ2v) is 4.93. The van der Waals surface area contributed by atoms with Crippen molar-refractivity contribution in [3.05, 3.63) is 30.1 Å². The third-order valence-electron chi connectivity index (χ3n) is 3.42. The smallest absolute Gasteiger partial charge is 0.0856 e. The van der Waals surface area contributed by atoms with Crippen LogP contribution in [0, 0.1) is 0 Å². The molecule has 4 nitrogen and oxygen atoms in total. The zero-order chi connectivity index (χ0) is 12.8. The SMILES string of the molecule is CCCN1CCOC(C(N)Cc2ccncc2)C1. The Morgan fingerprint density at radius 2 is 2.28 bits per heavy atom. The summed E-state index contributed by atoms with van der Waals surface area (Å²) in [5, 5.41) is 0. The Bertz CT molecular complexity index is 342. The van der Waals surface area contributed by atoms with Gasteiger partial charge in [-0.2, -0.15) is 0 Å². The number of morpholine rings is 1. The average molecular weight is 249 g/mol. The van der Waals surface area contributed by atoms with Crippen LogP contribution in [0.15, 0.2) is 24.5 Å². The Kier molecular flexibility index (Phi) is 5.11. The first kappa shape index (κ1) is 13.5. The molecule has 2 atom stereocenters. The molecule has 0 bridgehead atoms. The van der Waals surface area contributed by atoms with E-state index in [1.165, 1.54) is 12.0 Å². The summed E-state index contributed by atoms with van der Waals surface area (Å²) in [6, 6.07) is 4.10. The number of hydrogen-bond acceptors (Lipinski definition) is 4. The lowest BCUT2D eigenvalue weighted by atomic mass is 10.0. The van der Waals surface area contributed by atoms with Crippen LogP contribution < -0.4 is 5.73 Å². The first-order valence-electron chi connectivity index (χ1n) is 6.78. The van der Waals surface area contributed by atoms with E-state index in [0.717, 1.165) is 32.7 Å². The topological polar surface area (TPSA) is 51.4 Å². The second kappa shape index (κ2) is 6.83. The van der Waals surface area contributed by atoms with Gasteiger partial charge in [-0.15, -0.1) is 0 Å². The molecule has 1 saturated heterocycles. The summed E-state index contributed by atoms with van der Waals surface area (Å²) in [6.45, 7) is 6.14. The minimum atomic E-state index is 0.0621. The predicted molar refractivity (Wildman–Crippen MR) is 72.4 cm³/mol. The Balaban J connectivity index is 1.86. The van der Waals surface area contributed by atoms with Gasteiger partial charge in [-0.05, 0) is 37.1 Å². The molecule has 100 valence electrons. The Labute approximate surface area is 109 Å². The summed E-state index contributed by atoms with van der Waals surface area (Å²) in [4.78, 5) is 6.47. The van der Waals surface area contributed by atoms with Crippen molar-refractivity contribution in [2.75, 3.05) is 26.2 Å². The summed E-state index contributed by atoms with van der Waals surface area (Å²) in [7, 11) is 0. The highest BCUT2D eigenvalue weighted by molar-refractivity contribution is 5.11. The van der Waals surface area contributed by atoms with Crippen LogP contribution in [0.25, 0.3) is 0 Å².